The van der Waals surface area contributed by atoms with Crippen LogP contribution in [0.3, 0.4) is 0 Å². The molecule has 0 aliphatic carbocycles. The summed E-state index contributed by atoms with van der Waals surface area (Å²) in [7, 11) is 1.57. The number of fused-ring (bicyclic) bond motifs is 1. The van der Waals surface area contributed by atoms with Gasteiger partial charge in [-0.25, -0.2) is 4.98 Å². The van der Waals surface area contributed by atoms with Crippen LogP contribution in [0.1, 0.15) is 49.9 Å². The minimum atomic E-state index is -0.508. The number of hydrogen-bond donors (Lipinski definition) is 0. The normalized spacial score (nSPS) is 12.0. The van der Waals surface area contributed by atoms with Crippen molar-refractivity contribution in [3.63, 3.8) is 0 Å². The summed E-state index contributed by atoms with van der Waals surface area (Å²) in [6, 6.07) is 16.0. The molecule has 176 valence electrons. The molecule has 0 aliphatic rings. The van der Waals surface area contributed by atoms with Crippen LogP contribution in [0.5, 0.6) is 5.75 Å². The van der Waals surface area contributed by atoms with Crippen molar-refractivity contribution >= 4 is 16.8 Å². The van der Waals surface area contributed by atoms with Crippen LogP contribution in [0.4, 0.5) is 0 Å². The van der Waals surface area contributed by atoms with E-state index in [-0.39, 0.29) is 18.0 Å². The molecule has 1 atom stereocenters. The Morgan fingerprint density at radius 2 is 1.97 bits per heavy atom. The van der Waals surface area contributed by atoms with Crippen LogP contribution in [-0.2, 0) is 11.3 Å². The highest BCUT2D eigenvalue weighted by atomic mass is 16.5. The Morgan fingerprint density at radius 1 is 1.18 bits per heavy atom. The molecule has 0 radical (unpaired) electrons. The lowest BCUT2D eigenvalue weighted by molar-refractivity contribution is -0.134. The van der Waals surface area contributed by atoms with E-state index in [1.165, 1.54) is 0 Å². The number of aromatic nitrogens is 2. The van der Waals surface area contributed by atoms with Crippen molar-refractivity contribution in [2.45, 2.75) is 46.2 Å². The van der Waals surface area contributed by atoms with E-state index in [4.69, 9.17) is 14.1 Å². The fourth-order valence-corrected chi connectivity index (χ4v) is 4.15. The van der Waals surface area contributed by atoms with E-state index in [9.17, 15) is 9.59 Å². The maximum atomic E-state index is 13.8. The lowest BCUT2D eigenvalue weighted by atomic mass is 10.1. The molecule has 7 nitrogen and oxygen atoms in total. The number of carbonyl (C=O) groups is 1. The van der Waals surface area contributed by atoms with Gasteiger partial charge in [-0.3, -0.25) is 14.2 Å². The predicted octanol–water partition coefficient (Wildman–Crippen LogP) is 5.19. The van der Waals surface area contributed by atoms with Gasteiger partial charge in [0.1, 0.15) is 17.3 Å². The van der Waals surface area contributed by atoms with Gasteiger partial charge in [0, 0.05) is 6.42 Å². The zero-order valence-electron chi connectivity index (χ0n) is 19.9. The topological polar surface area (TPSA) is 77.6 Å². The second-order valence-corrected chi connectivity index (χ2v) is 8.33. The van der Waals surface area contributed by atoms with Crippen molar-refractivity contribution in [1.29, 1.82) is 0 Å². The van der Waals surface area contributed by atoms with Crippen LogP contribution in [0.15, 0.2) is 70.1 Å². The number of benzene rings is 2. The van der Waals surface area contributed by atoms with Crippen molar-refractivity contribution in [3.05, 3.63) is 88.4 Å². The van der Waals surface area contributed by atoms with Crippen molar-refractivity contribution in [2.75, 3.05) is 7.11 Å². The molecule has 2 heterocycles. The Morgan fingerprint density at radius 3 is 2.68 bits per heavy atom. The van der Waals surface area contributed by atoms with Gasteiger partial charge in [-0.15, -0.1) is 0 Å². The maximum absolute atomic E-state index is 13.8. The number of rotatable bonds is 8. The van der Waals surface area contributed by atoms with E-state index in [1.54, 1.807) is 35.0 Å². The van der Waals surface area contributed by atoms with Gasteiger partial charge in [-0.2, -0.15) is 0 Å². The van der Waals surface area contributed by atoms with Crippen LogP contribution < -0.4 is 10.3 Å². The van der Waals surface area contributed by atoms with E-state index in [0.29, 0.717) is 46.8 Å². The predicted molar refractivity (Wildman–Crippen MR) is 131 cm³/mol. The van der Waals surface area contributed by atoms with Gasteiger partial charge in [-0.1, -0.05) is 25.1 Å². The van der Waals surface area contributed by atoms with Gasteiger partial charge < -0.3 is 14.1 Å². The van der Waals surface area contributed by atoms with Crippen LogP contribution in [0.2, 0.25) is 0 Å². The molecule has 4 rings (SSSR count). The van der Waals surface area contributed by atoms with Crippen molar-refractivity contribution in [1.82, 2.24) is 14.5 Å². The summed E-state index contributed by atoms with van der Waals surface area (Å²) >= 11 is 0. The average molecular weight is 460 g/mol. The van der Waals surface area contributed by atoms with Crippen LogP contribution in [0.25, 0.3) is 16.6 Å². The van der Waals surface area contributed by atoms with Crippen LogP contribution in [-0.4, -0.2) is 27.5 Å². The van der Waals surface area contributed by atoms with Gasteiger partial charge in [-0.05, 0) is 62.2 Å². The molecule has 0 fully saturated rings. The number of nitrogens with zero attached hydrogens (tertiary/aromatic N) is 3. The number of methoxy groups -OCH3 is 1. The van der Waals surface area contributed by atoms with E-state index in [1.807, 2.05) is 63.2 Å². The SMILES string of the molecule is CCCC(=O)N(Cc1ccco1)C(C)c1nc2ccccc2c(=O)n1-c1cc(C)ccc1OC. The van der Waals surface area contributed by atoms with Crippen molar-refractivity contribution in [2.24, 2.45) is 0 Å². The Labute approximate surface area is 198 Å². The van der Waals surface area contributed by atoms with Crippen LogP contribution in [0, 0.1) is 6.92 Å². The molecule has 0 bridgehead atoms. The van der Waals surface area contributed by atoms with Gasteiger partial charge in [0.05, 0.1) is 42.5 Å². The zero-order chi connectivity index (χ0) is 24.2. The molecule has 0 saturated carbocycles. The Kier molecular flexibility index (Phi) is 6.82. The molecule has 0 spiro atoms. The summed E-state index contributed by atoms with van der Waals surface area (Å²) in [4.78, 5) is 33.6. The molecule has 1 unspecified atom stereocenters. The maximum Gasteiger partial charge on any atom is 0.266 e. The quantitative estimate of drug-likeness (QED) is 0.363. The summed E-state index contributed by atoms with van der Waals surface area (Å²) in [6.45, 7) is 6.10. The molecular formula is C27H29N3O4. The van der Waals surface area contributed by atoms with E-state index < -0.39 is 6.04 Å². The summed E-state index contributed by atoms with van der Waals surface area (Å²) in [6.07, 6.45) is 2.69. The van der Waals surface area contributed by atoms with E-state index in [0.717, 1.165) is 5.56 Å². The number of para-hydroxylation sites is 1. The molecular weight excluding hydrogens is 430 g/mol. The van der Waals surface area contributed by atoms with E-state index >= 15 is 0 Å². The molecule has 2 aromatic heterocycles. The van der Waals surface area contributed by atoms with Gasteiger partial charge >= 0.3 is 0 Å². The first-order chi connectivity index (χ1) is 16.4. The lowest BCUT2D eigenvalue weighted by Gasteiger charge is -2.30. The van der Waals surface area contributed by atoms with Gasteiger partial charge in [0.15, 0.2) is 0 Å². The van der Waals surface area contributed by atoms with Gasteiger partial charge in [0.25, 0.3) is 5.56 Å². The molecule has 0 N–H and O–H groups in total. The number of amides is 1. The van der Waals surface area contributed by atoms with Crippen molar-refractivity contribution in [3.8, 4) is 11.4 Å². The third-order valence-electron chi connectivity index (χ3n) is 5.91. The highest BCUT2D eigenvalue weighted by Crippen LogP contribution is 2.29. The number of ether oxygens (including phenoxy) is 1. The molecule has 34 heavy (non-hydrogen) atoms. The smallest absolute Gasteiger partial charge is 0.266 e. The highest BCUT2D eigenvalue weighted by Gasteiger charge is 2.28. The molecule has 4 aromatic rings. The molecule has 0 saturated heterocycles. The minimum Gasteiger partial charge on any atom is -0.495 e. The molecule has 2 aromatic carbocycles. The van der Waals surface area contributed by atoms with E-state index in [2.05, 4.69) is 0 Å². The Hall–Kier alpha value is -3.87. The molecule has 0 aliphatic heterocycles. The monoisotopic (exact) mass is 459 g/mol. The largest absolute Gasteiger partial charge is 0.495 e. The zero-order valence-corrected chi connectivity index (χ0v) is 19.9. The number of aryl methyl sites for hydroxylation is 1. The second-order valence-electron chi connectivity index (χ2n) is 8.33. The Balaban J connectivity index is 1.96. The van der Waals surface area contributed by atoms with Crippen LogP contribution >= 0.6 is 0 Å². The van der Waals surface area contributed by atoms with Crippen molar-refractivity contribution < 1.29 is 13.9 Å². The second kappa shape index (κ2) is 9.95. The Bertz CT molecular complexity index is 1360. The summed E-state index contributed by atoms with van der Waals surface area (Å²) in [5.41, 5.74) is 1.94. The highest BCUT2D eigenvalue weighted by molar-refractivity contribution is 5.79. The fourth-order valence-electron chi connectivity index (χ4n) is 4.15. The minimum absolute atomic E-state index is 0.0310. The summed E-state index contributed by atoms with van der Waals surface area (Å²) < 4.78 is 12.7. The number of carbonyl (C=O) groups excluding carboxylic acids is 1. The summed E-state index contributed by atoms with van der Waals surface area (Å²) in [5.74, 6) is 1.65. The first kappa shape index (κ1) is 23.3. The standard InChI is InChI=1S/C27H29N3O4/c1-5-9-25(31)29(17-20-10-8-15-34-20)19(3)26-28-22-12-7-6-11-21(22)27(32)30(26)23-16-18(2)13-14-24(23)33-4/h6-8,10-16,19H,5,9,17H2,1-4H3. The van der Waals surface area contributed by atoms with Gasteiger partial charge in [0.2, 0.25) is 5.91 Å². The molecule has 1 amide bonds. The number of hydrogen-bond acceptors (Lipinski definition) is 5. The third-order valence-corrected chi connectivity index (χ3v) is 5.91. The average Bonchev–Trinajstić information content (AvgIpc) is 3.35. The first-order valence-corrected chi connectivity index (χ1v) is 11.4. The first-order valence-electron chi connectivity index (χ1n) is 11.4. The lowest BCUT2D eigenvalue weighted by Crippen LogP contribution is -2.37. The number of furan rings is 1. The third kappa shape index (κ3) is 4.46. The molecule has 7 heteroatoms. The fraction of sp³-hybridized carbons (Fsp3) is 0.296. The summed E-state index contributed by atoms with van der Waals surface area (Å²) in [5, 5.41) is 0.500.